The second kappa shape index (κ2) is 12.8. The topological polar surface area (TPSA) is 153 Å². The lowest BCUT2D eigenvalue weighted by Gasteiger charge is -2.13. The largest absolute Gasteiger partial charge is 0.493 e. The number of nitrogens with zero attached hydrogens (tertiary/aromatic N) is 4. The maximum Gasteiger partial charge on any atom is 0.287 e. The standard InChI is InChI=1S/C27H27N7O5/c1-38-23-5-3-4-20(25(23)39-2)16-32-26(35)19-8-6-18(7-9-19)22-12-13-29-27(33-22)30-15-14-28-24-11-10-21(17-31-24)34(36)37/h3-13,17H,14-16H2,1-2H3,(H,28,31)(H,32,35)(H,29,30,33). The zero-order valence-corrected chi connectivity index (χ0v) is 21.4. The van der Waals surface area contributed by atoms with Gasteiger partial charge in [0.1, 0.15) is 12.0 Å². The normalized spacial score (nSPS) is 10.4. The van der Waals surface area contributed by atoms with Crippen LogP contribution in [0.5, 0.6) is 11.5 Å². The minimum atomic E-state index is -0.494. The molecule has 2 aromatic heterocycles. The van der Waals surface area contributed by atoms with E-state index in [2.05, 4.69) is 30.9 Å². The quantitative estimate of drug-likeness (QED) is 0.140. The summed E-state index contributed by atoms with van der Waals surface area (Å²) in [6, 6.07) is 17.4. The number of anilines is 2. The summed E-state index contributed by atoms with van der Waals surface area (Å²) in [6.07, 6.45) is 2.85. The molecular formula is C27H27N7O5. The van der Waals surface area contributed by atoms with Crippen molar-refractivity contribution in [1.82, 2.24) is 20.3 Å². The Morgan fingerprint density at radius 2 is 1.74 bits per heavy atom. The van der Waals surface area contributed by atoms with Crippen molar-refractivity contribution in [1.29, 1.82) is 0 Å². The van der Waals surface area contributed by atoms with E-state index in [4.69, 9.17) is 9.47 Å². The molecule has 0 bridgehead atoms. The molecule has 0 aliphatic rings. The maximum atomic E-state index is 12.7. The third-order valence-electron chi connectivity index (χ3n) is 5.70. The highest BCUT2D eigenvalue weighted by Crippen LogP contribution is 2.30. The van der Waals surface area contributed by atoms with E-state index in [0.29, 0.717) is 47.6 Å². The Morgan fingerprint density at radius 3 is 2.44 bits per heavy atom. The van der Waals surface area contributed by atoms with Gasteiger partial charge < -0.3 is 25.4 Å². The highest BCUT2D eigenvalue weighted by Gasteiger charge is 2.12. The van der Waals surface area contributed by atoms with E-state index >= 15 is 0 Å². The Labute approximate surface area is 224 Å². The van der Waals surface area contributed by atoms with Gasteiger partial charge in [-0.15, -0.1) is 0 Å². The number of methoxy groups -OCH3 is 2. The lowest BCUT2D eigenvalue weighted by Crippen LogP contribution is -2.23. The maximum absolute atomic E-state index is 12.7. The second-order valence-corrected chi connectivity index (χ2v) is 8.19. The molecule has 0 aliphatic carbocycles. The van der Waals surface area contributed by atoms with Crippen LogP contribution >= 0.6 is 0 Å². The predicted octanol–water partition coefficient (Wildman–Crippen LogP) is 3.92. The first-order valence-electron chi connectivity index (χ1n) is 12.0. The fourth-order valence-electron chi connectivity index (χ4n) is 3.73. The van der Waals surface area contributed by atoms with Gasteiger partial charge in [-0.25, -0.2) is 15.0 Å². The van der Waals surface area contributed by atoms with Crippen LogP contribution in [0.1, 0.15) is 15.9 Å². The molecule has 4 rings (SSSR count). The van der Waals surface area contributed by atoms with E-state index in [-0.39, 0.29) is 18.1 Å². The molecule has 39 heavy (non-hydrogen) atoms. The van der Waals surface area contributed by atoms with Gasteiger partial charge in [0, 0.05) is 48.6 Å². The smallest absolute Gasteiger partial charge is 0.287 e. The number of benzene rings is 2. The van der Waals surface area contributed by atoms with E-state index < -0.39 is 4.92 Å². The fraction of sp³-hybridized carbons (Fsp3) is 0.185. The highest BCUT2D eigenvalue weighted by molar-refractivity contribution is 5.94. The molecule has 1 amide bonds. The summed E-state index contributed by atoms with van der Waals surface area (Å²) in [5.74, 6) is 1.95. The van der Waals surface area contributed by atoms with Gasteiger partial charge in [-0.1, -0.05) is 24.3 Å². The molecule has 0 unspecified atom stereocenters. The molecule has 3 N–H and O–H groups in total. The molecule has 0 aliphatic heterocycles. The zero-order valence-electron chi connectivity index (χ0n) is 21.4. The fourth-order valence-corrected chi connectivity index (χ4v) is 3.73. The number of rotatable bonds is 12. The van der Waals surface area contributed by atoms with Crippen LogP contribution in [-0.2, 0) is 6.54 Å². The highest BCUT2D eigenvalue weighted by atomic mass is 16.6. The van der Waals surface area contributed by atoms with Crippen LogP contribution in [0.3, 0.4) is 0 Å². The van der Waals surface area contributed by atoms with Gasteiger partial charge in [0.25, 0.3) is 11.6 Å². The molecule has 2 heterocycles. The molecule has 4 aromatic rings. The first-order chi connectivity index (χ1) is 19.0. The molecule has 12 heteroatoms. The van der Waals surface area contributed by atoms with Gasteiger partial charge in [0.15, 0.2) is 11.5 Å². The van der Waals surface area contributed by atoms with Gasteiger partial charge in [-0.2, -0.15) is 0 Å². The van der Waals surface area contributed by atoms with Crippen LogP contribution in [0.2, 0.25) is 0 Å². The number of hydrogen-bond acceptors (Lipinski definition) is 10. The Balaban J connectivity index is 1.30. The summed E-state index contributed by atoms with van der Waals surface area (Å²) < 4.78 is 10.7. The molecular weight excluding hydrogens is 502 g/mol. The Kier molecular flexibility index (Phi) is 8.80. The van der Waals surface area contributed by atoms with Crippen molar-refractivity contribution in [2.45, 2.75) is 6.54 Å². The number of para-hydroxylation sites is 1. The molecule has 12 nitrogen and oxygen atoms in total. The number of nitro groups is 1. The third kappa shape index (κ3) is 6.95. The van der Waals surface area contributed by atoms with Gasteiger partial charge in [-0.05, 0) is 30.3 Å². The van der Waals surface area contributed by atoms with Gasteiger partial charge >= 0.3 is 0 Å². The molecule has 0 fully saturated rings. The van der Waals surface area contributed by atoms with Crippen LogP contribution in [0, 0.1) is 10.1 Å². The van der Waals surface area contributed by atoms with Crippen LogP contribution in [0.15, 0.2) is 73.1 Å². The van der Waals surface area contributed by atoms with Crippen molar-refractivity contribution in [2.75, 3.05) is 37.9 Å². The Hall–Kier alpha value is -5.26. The molecule has 0 atom stereocenters. The molecule has 0 spiro atoms. The molecule has 2 aromatic carbocycles. The summed E-state index contributed by atoms with van der Waals surface area (Å²) >= 11 is 0. The summed E-state index contributed by atoms with van der Waals surface area (Å²) in [7, 11) is 3.13. The number of nitrogens with one attached hydrogen (secondary N) is 3. The molecule has 0 saturated carbocycles. The van der Waals surface area contributed by atoms with E-state index in [1.165, 1.54) is 12.3 Å². The number of amides is 1. The van der Waals surface area contributed by atoms with Crippen molar-refractivity contribution >= 4 is 23.4 Å². The number of carbonyl (C=O) groups excluding carboxylic acids is 1. The number of ether oxygens (including phenoxy) is 2. The van der Waals surface area contributed by atoms with Crippen molar-refractivity contribution in [3.05, 3.63) is 94.3 Å². The molecule has 0 radical (unpaired) electrons. The number of carbonyl (C=O) groups is 1. The predicted molar refractivity (Wildman–Crippen MR) is 146 cm³/mol. The lowest BCUT2D eigenvalue weighted by molar-refractivity contribution is -0.385. The lowest BCUT2D eigenvalue weighted by atomic mass is 10.1. The molecule has 0 saturated heterocycles. The summed E-state index contributed by atoms with van der Waals surface area (Å²) in [6.45, 7) is 1.29. The Bertz CT molecular complexity index is 1430. The van der Waals surface area contributed by atoms with E-state index in [1.54, 1.807) is 50.7 Å². The first-order valence-corrected chi connectivity index (χ1v) is 12.0. The molecule has 200 valence electrons. The van der Waals surface area contributed by atoms with E-state index in [1.807, 2.05) is 24.3 Å². The van der Waals surface area contributed by atoms with Crippen molar-refractivity contribution < 1.29 is 19.2 Å². The number of hydrogen-bond donors (Lipinski definition) is 3. The Morgan fingerprint density at radius 1 is 0.949 bits per heavy atom. The average Bonchev–Trinajstić information content (AvgIpc) is 2.98. The van der Waals surface area contributed by atoms with Gasteiger partial charge in [0.05, 0.1) is 24.8 Å². The SMILES string of the molecule is COc1cccc(CNC(=O)c2ccc(-c3ccnc(NCCNc4ccc([N+](=O)[O-])cn4)n3)cc2)c1OC. The van der Waals surface area contributed by atoms with Crippen LogP contribution in [-0.4, -0.2) is 53.1 Å². The first kappa shape index (κ1) is 26.8. The van der Waals surface area contributed by atoms with E-state index in [9.17, 15) is 14.9 Å². The summed E-state index contributed by atoms with van der Waals surface area (Å²) in [5, 5.41) is 19.8. The monoisotopic (exact) mass is 529 g/mol. The average molecular weight is 530 g/mol. The van der Waals surface area contributed by atoms with Gasteiger partial charge in [-0.3, -0.25) is 14.9 Å². The summed E-state index contributed by atoms with van der Waals surface area (Å²) in [4.78, 5) is 35.7. The van der Waals surface area contributed by atoms with Crippen LogP contribution < -0.4 is 25.4 Å². The van der Waals surface area contributed by atoms with Crippen molar-refractivity contribution in [2.24, 2.45) is 0 Å². The second-order valence-electron chi connectivity index (χ2n) is 8.19. The number of aromatic nitrogens is 3. The van der Waals surface area contributed by atoms with Crippen molar-refractivity contribution in [3.63, 3.8) is 0 Å². The number of pyridine rings is 1. The minimum Gasteiger partial charge on any atom is -0.493 e. The van der Waals surface area contributed by atoms with Crippen molar-refractivity contribution in [3.8, 4) is 22.8 Å². The third-order valence-corrected chi connectivity index (χ3v) is 5.70. The van der Waals surface area contributed by atoms with Crippen LogP contribution in [0.25, 0.3) is 11.3 Å². The summed E-state index contributed by atoms with van der Waals surface area (Å²) in [5.41, 5.74) is 2.79. The van der Waals surface area contributed by atoms with Crippen LogP contribution in [0.4, 0.5) is 17.5 Å². The van der Waals surface area contributed by atoms with E-state index in [0.717, 1.165) is 11.1 Å². The zero-order chi connectivity index (χ0) is 27.6. The minimum absolute atomic E-state index is 0.0635. The van der Waals surface area contributed by atoms with Gasteiger partial charge in [0.2, 0.25) is 5.95 Å².